The number of hydrogen-bond donors (Lipinski definition) is 1. The van der Waals surface area contributed by atoms with Crippen LogP contribution in [0, 0.1) is 0 Å². The number of hydrogen-bond acceptors (Lipinski definition) is 3. The van der Waals surface area contributed by atoms with Gasteiger partial charge < -0.3 is 10.2 Å². The molecule has 0 spiro atoms. The Morgan fingerprint density at radius 1 is 1.73 bits per heavy atom. The van der Waals surface area contributed by atoms with Gasteiger partial charge in [-0.1, -0.05) is 12.2 Å². The highest BCUT2D eigenvalue weighted by Crippen LogP contribution is 2.08. The summed E-state index contributed by atoms with van der Waals surface area (Å²) >= 11 is 4.85. The van der Waals surface area contributed by atoms with Gasteiger partial charge in [0.15, 0.2) is 0 Å². The molecule has 11 heavy (non-hydrogen) atoms. The van der Waals surface area contributed by atoms with Crippen LogP contribution in [0.4, 0.5) is 0 Å². The van der Waals surface area contributed by atoms with Gasteiger partial charge in [-0.3, -0.25) is 0 Å². The highest BCUT2D eigenvalue weighted by molar-refractivity contribution is 7.80. The average Bonchev–Trinajstić information content (AvgIpc) is 2.35. The number of thiocarbonyl (C=S) groups is 1. The van der Waals surface area contributed by atoms with Crippen molar-refractivity contribution >= 4 is 22.8 Å². The van der Waals surface area contributed by atoms with Crippen LogP contribution in [0.3, 0.4) is 0 Å². The first kappa shape index (κ1) is 8.01. The van der Waals surface area contributed by atoms with Crippen LogP contribution in [-0.4, -0.2) is 4.86 Å². The molecule has 0 amide bonds. The van der Waals surface area contributed by atoms with Gasteiger partial charge in [0.25, 0.3) is 0 Å². The van der Waals surface area contributed by atoms with E-state index in [1.807, 2.05) is 6.92 Å². The molecule has 0 unspecified atom stereocenters. The summed E-state index contributed by atoms with van der Waals surface area (Å²) in [5.41, 5.74) is 6.19. The van der Waals surface area contributed by atoms with Gasteiger partial charge in [-0.2, -0.15) is 0 Å². The van der Waals surface area contributed by atoms with Gasteiger partial charge in [-0.15, -0.1) is 0 Å². The molecular formula is C8H9NOS. The maximum Gasteiger partial charge on any atom is 0.149 e. The second-order valence-electron chi connectivity index (χ2n) is 2.19. The first-order valence-electron chi connectivity index (χ1n) is 3.22. The first-order valence-corrected chi connectivity index (χ1v) is 3.62. The molecule has 0 saturated heterocycles. The molecule has 0 aliphatic carbocycles. The zero-order valence-corrected chi connectivity index (χ0v) is 7.02. The van der Waals surface area contributed by atoms with E-state index in [1.54, 1.807) is 24.5 Å². The molecule has 0 aliphatic rings. The molecule has 2 nitrogen and oxygen atoms in total. The highest BCUT2D eigenvalue weighted by Gasteiger charge is 1.97. The van der Waals surface area contributed by atoms with Crippen molar-refractivity contribution in [2.24, 2.45) is 5.73 Å². The summed E-state index contributed by atoms with van der Waals surface area (Å²) in [4.78, 5) is 0.749. The third-order valence-electron chi connectivity index (χ3n) is 1.16. The number of furan rings is 1. The van der Waals surface area contributed by atoms with Gasteiger partial charge in [0.1, 0.15) is 5.76 Å². The zero-order chi connectivity index (χ0) is 8.27. The molecule has 1 aromatic rings. The first-order chi connectivity index (χ1) is 5.20. The van der Waals surface area contributed by atoms with E-state index in [0.717, 1.165) is 4.86 Å². The minimum Gasteiger partial charge on any atom is -0.463 e. The fraction of sp³-hybridized carbons (Fsp3) is 0.125. The molecule has 1 heterocycles. The van der Waals surface area contributed by atoms with Gasteiger partial charge in [-0.25, -0.2) is 0 Å². The van der Waals surface area contributed by atoms with Crippen LogP contribution in [0.2, 0.25) is 0 Å². The van der Waals surface area contributed by atoms with E-state index in [0.29, 0.717) is 11.5 Å². The van der Waals surface area contributed by atoms with E-state index in [1.165, 1.54) is 0 Å². The third-order valence-corrected chi connectivity index (χ3v) is 1.28. The third kappa shape index (κ3) is 2.20. The summed E-state index contributed by atoms with van der Waals surface area (Å²) in [6.07, 6.45) is 3.28. The van der Waals surface area contributed by atoms with Crippen LogP contribution < -0.4 is 5.73 Å². The number of nitrogens with two attached hydrogens (primary N) is 1. The van der Waals surface area contributed by atoms with Crippen LogP contribution in [0.5, 0.6) is 0 Å². The molecule has 1 rings (SSSR count). The minimum absolute atomic E-state index is 0.572. The van der Waals surface area contributed by atoms with E-state index in [4.69, 9.17) is 22.4 Å². The fourth-order valence-corrected chi connectivity index (χ4v) is 0.860. The van der Waals surface area contributed by atoms with Gasteiger partial charge in [0.05, 0.1) is 12.0 Å². The van der Waals surface area contributed by atoms with Crippen LogP contribution in [0.1, 0.15) is 12.7 Å². The predicted octanol–water partition coefficient (Wildman–Crippen LogP) is 1.97. The molecule has 2 N–H and O–H groups in total. The van der Waals surface area contributed by atoms with Crippen molar-refractivity contribution in [2.75, 3.05) is 0 Å². The second kappa shape index (κ2) is 3.34. The Labute approximate surface area is 70.7 Å². The Morgan fingerprint density at radius 3 is 2.91 bits per heavy atom. The van der Waals surface area contributed by atoms with Gasteiger partial charge in [0, 0.05) is 4.86 Å². The quantitative estimate of drug-likeness (QED) is 0.540. The Hall–Kier alpha value is -1.09. The maximum atomic E-state index is 5.62. The molecule has 0 bridgehead atoms. The van der Waals surface area contributed by atoms with Crippen LogP contribution >= 0.6 is 12.2 Å². The predicted molar refractivity (Wildman–Crippen MR) is 49.1 cm³/mol. The summed E-state index contributed by atoms with van der Waals surface area (Å²) in [6.45, 7) is 1.81. The topological polar surface area (TPSA) is 39.2 Å². The molecule has 0 aliphatic heterocycles. The largest absolute Gasteiger partial charge is 0.463 e. The summed E-state index contributed by atoms with van der Waals surface area (Å²) in [5.74, 6) is 0.661. The monoisotopic (exact) mass is 167 g/mol. The van der Waals surface area contributed by atoms with E-state index in [-0.39, 0.29) is 0 Å². The standard InChI is InChI=1S/C8H9NOS/c1-6(11)5-7(9)8-3-2-4-10-8/h2-5H,9H2,1H3/b7-5-. The zero-order valence-electron chi connectivity index (χ0n) is 6.20. The minimum atomic E-state index is 0.572. The van der Waals surface area contributed by atoms with E-state index in [9.17, 15) is 0 Å². The summed E-state index contributed by atoms with van der Waals surface area (Å²) < 4.78 is 5.04. The summed E-state index contributed by atoms with van der Waals surface area (Å²) in [6, 6.07) is 3.58. The molecule has 3 heteroatoms. The molecule has 0 fully saturated rings. The molecule has 0 atom stereocenters. The van der Waals surface area contributed by atoms with Crippen molar-refractivity contribution in [1.82, 2.24) is 0 Å². The number of allylic oxidation sites excluding steroid dienone is 1. The molecule has 0 radical (unpaired) electrons. The molecular weight excluding hydrogens is 158 g/mol. The Bertz CT molecular complexity index is 274. The molecule has 0 saturated carbocycles. The summed E-state index contributed by atoms with van der Waals surface area (Å²) in [5, 5.41) is 0. The normalized spacial score (nSPS) is 11.5. The van der Waals surface area contributed by atoms with Crippen molar-refractivity contribution in [3.8, 4) is 0 Å². The van der Waals surface area contributed by atoms with Crippen molar-refractivity contribution in [1.29, 1.82) is 0 Å². The van der Waals surface area contributed by atoms with E-state index in [2.05, 4.69) is 0 Å². The molecule has 1 aromatic heterocycles. The van der Waals surface area contributed by atoms with Gasteiger partial charge >= 0.3 is 0 Å². The van der Waals surface area contributed by atoms with Crippen LogP contribution in [-0.2, 0) is 0 Å². The maximum absolute atomic E-state index is 5.62. The second-order valence-corrected chi connectivity index (χ2v) is 2.83. The van der Waals surface area contributed by atoms with Crippen molar-refractivity contribution in [3.63, 3.8) is 0 Å². The Kier molecular flexibility index (Phi) is 2.44. The SMILES string of the molecule is CC(=S)/C=C(\N)c1ccco1. The van der Waals surface area contributed by atoms with Crippen molar-refractivity contribution < 1.29 is 4.42 Å². The molecule has 58 valence electrons. The Balaban J connectivity index is 2.86. The van der Waals surface area contributed by atoms with Gasteiger partial charge in [-0.05, 0) is 25.1 Å². The lowest BCUT2D eigenvalue weighted by molar-refractivity contribution is 0.552. The fourth-order valence-electron chi connectivity index (χ4n) is 0.733. The van der Waals surface area contributed by atoms with Crippen molar-refractivity contribution in [2.45, 2.75) is 6.92 Å². The van der Waals surface area contributed by atoms with Crippen molar-refractivity contribution in [3.05, 3.63) is 30.2 Å². The van der Waals surface area contributed by atoms with Crippen LogP contribution in [0.25, 0.3) is 5.70 Å². The lowest BCUT2D eigenvalue weighted by Gasteiger charge is -1.93. The van der Waals surface area contributed by atoms with E-state index < -0.39 is 0 Å². The van der Waals surface area contributed by atoms with Crippen LogP contribution in [0.15, 0.2) is 28.9 Å². The summed E-state index contributed by atoms with van der Waals surface area (Å²) in [7, 11) is 0. The highest BCUT2D eigenvalue weighted by atomic mass is 32.1. The molecule has 0 aromatic carbocycles. The lowest BCUT2D eigenvalue weighted by atomic mass is 10.3. The van der Waals surface area contributed by atoms with Gasteiger partial charge in [0.2, 0.25) is 0 Å². The Morgan fingerprint density at radius 2 is 2.45 bits per heavy atom. The average molecular weight is 167 g/mol. The lowest BCUT2D eigenvalue weighted by Crippen LogP contribution is -1.96. The number of rotatable bonds is 2. The van der Waals surface area contributed by atoms with E-state index >= 15 is 0 Å². The smallest absolute Gasteiger partial charge is 0.149 e.